The second-order valence-corrected chi connectivity index (χ2v) is 3.46. The van der Waals surface area contributed by atoms with Gasteiger partial charge in [0.05, 0.1) is 13.0 Å². The summed E-state index contributed by atoms with van der Waals surface area (Å²) in [6, 6.07) is 7.08. The maximum Gasteiger partial charge on any atom is 0.310 e. The molecule has 0 atom stereocenters. The lowest BCUT2D eigenvalue weighted by molar-refractivity contribution is -0.142. The van der Waals surface area contributed by atoms with Crippen molar-refractivity contribution >= 4 is 11.8 Å². The third-order valence-corrected chi connectivity index (χ3v) is 2.25. The van der Waals surface area contributed by atoms with E-state index in [1.807, 2.05) is 6.92 Å². The molecule has 3 nitrogen and oxygen atoms in total. The van der Waals surface area contributed by atoms with Crippen molar-refractivity contribution in [2.45, 2.75) is 26.7 Å². The molecule has 1 aromatic rings. The number of ether oxygens (including phenoxy) is 1. The van der Waals surface area contributed by atoms with Gasteiger partial charge in [0.15, 0.2) is 5.78 Å². The Labute approximate surface area is 95.4 Å². The lowest BCUT2D eigenvalue weighted by Gasteiger charge is -2.03. The maximum atomic E-state index is 11.4. The molecule has 0 aliphatic rings. The summed E-state index contributed by atoms with van der Waals surface area (Å²) in [6.45, 7) is 4.00. The van der Waals surface area contributed by atoms with Crippen LogP contribution in [0.25, 0.3) is 0 Å². The third kappa shape index (κ3) is 3.50. The van der Waals surface area contributed by atoms with Crippen molar-refractivity contribution in [2.24, 2.45) is 0 Å². The van der Waals surface area contributed by atoms with Gasteiger partial charge in [-0.2, -0.15) is 0 Å². The predicted molar refractivity (Wildman–Crippen MR) is 61.4 cm³/mol. The first kappa shape index (κ1) is 12.4. The van der Waals surface area contributed by atoms with E-state index in [4.69, 9.17) is 4.74 Å². The van der Waals surface area contributed by atoms with Gasteiger partial charge < -0.3 is 4.74 Å². The van der Waals surface area contributed by atoms with Crippen molar-refractivity contribution in [3.05, 3.63) is 35.4 Å². The molecule has 0 spiro atoms. The first-order chi connectivity index (χ1) is 7.67. The van der Waals surface area contributed by atoms with E-state index in [-0.39, 0.29) is 18.2 Å². The Morgan fingerprint density at radius 3 is 2.25 bits per heavy atom. The molecular formula is C13H16O3. The Hall–Kier alpha value is -1.64. The first-order valence-electron chi connectivity index (χ1n) is 5.45. The summed E-state index contributed by atoms with van der Waals surface area (Å²) < 4.78 is 4.84. The van der Waals surface area contributed by atoms with E-state index >= 15 is 0 Å². The molecule has 0 aliphatic heterocycles. The number of ketones is 1. The van der Waals surface area contributed by atoms with E-state index < -0.39 is 0 Å². The summed E-state index contributed by atoms with van der Waals surface area (Å²) >= 11 is 0. The van der Waals surface area contributed by atoms with Crippen LogP contribution in [-0.2, 0) is 16.0 Å². The van der Waals surface area contributed by atoms with Crippen LogP contribution in [0.5, 0.6) is 0 Å². The minimum atomic E-state index is -0.239. The molecule has 3 heteroatoms. The monoisotopic (exact) mass is 220 g/mol. The molecule has 0 bridgehead atoms. The summed E-state index contributed by atoms with van der Waals surface area (Å²) in [6.07, 6.45) is 0.756. The smallest absolute Gasteiger partial charge is 0.310 e. The van der Waals surface area contributed by atoms with Crippen molar-refractivity contribution in [1.82, 2.24) is 0 Å². The van der Waals surface area contributed by atoms with Gasteiger partial charge in [0.2, 0.25) is 0 Å². The highest BCUT2D eigenvalue weighted by Crippen LogP contribution is 2.08. The molecule has 0 saturated heterocycles. The topological polar surface area (TPSA) is 43.4 Å². The average Bonchev–Trinajstić information content (AvgIpc) is 2.29. The number of esters is 1. The number of hydrogen-bond acceptors (Lipinski definition) is 3. The van der Waals surface area contributed by atoms with Gasteiger partial charge in [0, 0.05) is 12.0 Å². The zero-order chi connectivity index (χ0) is 12.0. The quantitative estimate of drug-likeness (QED) is 0.565. The first-order valence-corrected chi connectivity index (χ1v) is 5.45. The standard InChI is InChI=1S/C13H16O3/c1-3-12(14)11-7-5-10(6-8-11)9-13(15)16-4-2/h5-8H,3-4,9H2,1-2H3. The summed E-state index contributed by atoms with van der Waals surface area (Å²) in [5.41, 5.74) is 1.56. The lowest BCUT2D eigenvalue weighted by atomic mass is 10.1. The Kier molecular flexibility index (Phi) is 4.70. The summed E-state index contributed by atoms with van der Waals surface area (Å²) in [5.74, 6) is -0.125. The zero-order valence-electron chi connectivity index (χ0n) is 9.66. The fourth-order valence-electron chi connectivity index (χ4n) is 1.39. The fraction of sp³-hybridized carbons (Fsp3) is 0.385. The number of Topliss-reactive ketones (excluding diaryl/α,β-unsaturated/α-hetero) is 1. The van der Waals surface area contributed by atoms with Crippen LogP contribution in [0, 0.1) is 0 Å². The zero-order valence-corrected chi connectivity index (χ0v) is 9.66. The molecule has 0 aliphatic carbocycles. The van der Waals surface area contributed by atoms with Gasteiger partial charge in [-0.25, -0.2) is 0 Å². The minimum Gasteiger partial charge on any atom is -0.466 e. The largest absolute Gasteiger partial charge is 0.466 e. The molecule has 1 rings (SSSR count). The maximum absolute atomic E-state index is 11.4. The van der Waals surface area contributed by atoms with Crippen LogP contribution in [0.15, 0.2) is 24.3 Å². The molecule has 0 fully saturated rings. The highest BCUT2D eigenvalue weighted by atomic mass is 16.5. The van der Waals surface area contributed by atoms with Crippen LogP contribution >= 0.6 is 0 Å². The Morgan fingerprint density at radius 2 is 1.75 bits per heavy atom. The van der Waals surface area contributed by atoms with Crippen molar-refractivity contribution < 1.29 is 14.3 Å². The van der Waals surface area contributed by atoms with Gasteiger partial charge in [-0.15, -0.1) is 0 Å². The van der Waals surface area contributed by atoms with Gasteiger partial charge in [0.1, 0.15) is 0 Å². The number of benzene rings is 1. The molecule has 16 heavy (non-hydrogen) atoms. The number of hydrogen-bond donors (Lipinski definition) is 0. The number of carbonyl (C=O) groups is 2. The molecule has 0 amide bonds. The van der Waals surface area contributed by atoms with Gasteiger partial charge in [-0.1, -0.05) is 31.2 Å². The van der Waals surface area contributed by atoms with Crippen LogP contribution in [0.4, 0.5) is 0 Å². The Bertz CT molecular complexity index is 365. The highest BCUT2D eigenvalue weighted by molar-refractivity contribution is 5.95. The Morgan fingerprint density at radius 1 is 1.12 bits per heavy atom. The van der Waals surface area contributed by atoms with Gasteiger partial charge in [0.25, 0.3) is 0 Å². The van der Waals surface area contributed by atoms with Crippen LogP contribution in [0.1, 0.15) is 36.2 Å². The highest BCUT2D eigenvalue weighted by Gasteiger charge is 2.06. The van der Waals surface area contributed by atoms with Gasteiger partial charge >= 0.3 is 5.97 Å². The lowest BCUT2D eigenvalue weighted by Crippen LogP contribution is -2.07. The summed E-state index contributed by atoms with van der Waals surface area (Å²) in [7, 11) is 0. The molecule has 0 heterocycles. The van der Waals surface area contributed by atoms with E-state index in [1.54, 1.807) is 31.2 Å². The molecule has 1 aromatic carbocycles. The minimum absolute atomic E-state index is 0.114. The fourth-order valence-corrected chi connectivity index (χ4v) is 1.39. The normalized spacial score (nSPS) is 9.88. The molecule has 0 N–H and O–H groups in total. The third-order valence-electron chi connectivity index (χ3n) is 2.25. The predicted octanol–water partition coefficient (Wildman–Crippen LogP) is 2.38. The van der Waals surface area contributed by atoms with Crippen LogP contribution in [0.3, 0.4) is 0 Å². The molecule has 86 valence electrons. The molecule has 0 saturated carbocycles. The van der Waals surface area contributed by atoms with Crippen molar-refractivity contribution in [2.75, 3.05) is 6.61 Å². The summed E-state index contributed by atoms with van der Waals surface area (Å²) in [4.78, 5) is 22.6. The van der Waals surface area contributed by atoms with Crippen LogP contribution < -0.4 is 0 Å². The summed E-state index contributed by atoms with van der Waals surface area (Å²) in [5, 5.41) is 0. The van der Waals surface area contributed by atoms with Gasteiger partial charge in [-0.05, 0) is 12.5 Å². The molecule has 0 radical (unpaired) electrons. The van der Waals surface area contributed by atoms with Gasteiger partial charge in [-0.3, -0.25) is 9.59 Å². The molecule has 0 unspecified atom stereocenters. The van der Waals surface area contributed by atoms with Crippen molar-refractivity contribution in [1.29, 1.82) is 0 Å². The van der Waals surface area contributed by atoms with E-state index in [0.29, 0.717) is 18.6 Å². The Balaban J connectivity index is 2.64. The second-order valence-electron chi connectivity index (χ2n) is 3.46. The van der Waals surface area contributed by atoms with E-state index in [1.165, 1.54) is 0 Å². The molecular weight excluding hydrogens is 204 g/mol. The van der Waals surface area contributed by atoms with E-state index in [9.17, 15) is 9.59 Å². The van der Waals surface area contributed by atoms with Crippen LogP contribution in [0.2, 0.25) is 0 Å². The SMILES string of the molecule is CCOC(=O)Cc1ccc(C(=O)CC)cc1. The van der Waals surface area contributed by atoms with Crippen molar-refractivity contribution in [3.63, 3.8) is 0 Å². The number of carbonyl (C=O) groups excluding carboxylic acids is 2. The van der Waals surface area contributed by atoms with E-state index in [2.05, 4.69) is 0 Å². The molecule has 0 aromatic heterocycles. The van der Waals surface area contributed by atoms with E-state index in [0.717, 1.165) is 5.56 Å². The number of rotatable bonds is 5. The average molecular weight is 220 g/mol. The van der Waals surface area contributed by atoms with Crippen molar-refractivity contribution in [3.8, 4) is 0 Å². The van der Waals surface area contributed by atoms with Crippen LogP contribution in [-0.4, -0.2) is 18.4 Å². The second kappa shape index (κ2) is 6.05.